The summed E-state index contributed by atoms with van der Waals surface area (Å²) >= 11 is 5.16. The lowest BCUT2D eigenvalue weighted by molar-refractivity contribution is -0.118. The van der Waals surface area contributed by atoms with Gasteiger partial charge in [-0.3, -0.25) is 9.69 Å². The first-order chi connectivity index (χ1) is 14.9. The maximum atomic E-state index is 13.6. The minimum atomic E-state index is -0.411. The highest BCUT2D eigenvalue weighted by atomic mass is 79.9. The summed E-state index contributed by atoms with van der Waals surface area (Å²) in [4.78, 5) is 17.7. The SMILES string of the molecule is CC1(C)CC(=O)C2=C(C1)N(c1ccc(Br)cc1)C(N)=C(C#N)C2c1ccc(C(C)(C)C)s1. The van der Waals surface area contributed by atoms with Crippen molar-refractivity contribution in [2.75, 3.05) is 4.90 Å². The second-order valence-electron chi connectivity index (χ2n) is 10.4. The van der Waals surface area contributed by atoms with E-state index >= 15 is 0 Å². The Kier molecular flexibility index (Phi) is 5.63. The first-order valence-electron chi connectivity index (χ1n) is 10.7. The minimum absolute atomic E-state index is 0.00111. The summed E-state index contributed by atoms with van der Waals surface area (Å²) in [5.74, 6) is 0.107. The van der Waals surface area contributed by atoms with E-state index in [-0.39, 0.29) is 16.6 Å². The minimum Gasteiger partial charge on any atom is -0.384 e. The molecular formula is C26H28BrN3OS. The average molecular weight is 511 g/mol. The number of benzene rings is 1. The molecular weight excluding hydrogens is 482 g/mol. The number of anilines is 1. The number of hydrogen-bond donors (Lipinski definition) is 1. The van der Waals surface area contributed by atoms with Crippen molar-refractivity contribution in [2.24, 2.45) is 11.1 Å². The summed E-state index contributed by atoms with van der Waals surface area (Å²) in [6, 6.07) is 14.4. The van der Waals surface area contributed by atoms with E-state index < -0.39 is 5.92 Å². The molecule has 0 spiro atoms. The van der Waals surface area contributed by atoms with Gasteiger partial charge >= 0.3 is 0 Å². The molecule has 4 rings (SSSR count). The lowest BCUT2D eigenvalue weighted by Gasteiger charge is -2.43. The molecule has 2 aromatic rings. The van der Waals surface area contributed by atoms with E-state index in [0.29, 0.717) is 17.8 Å². The Morgan fingerprint density at radius 3 is 2.38 bits per heavy atom. The standard InChI is InChI=1S/C26H28BrN3OS/c1-25(2,3)21-11-10-20(32-21)22-17(14-28)24(29)30(16-8-6-15(27)7-9-16)18-12-26(4,5)13-19(31)23(18)22/h6-11,22H,12-13,29H2,1-5H3. The number of hydrogen-bond acceptors (Lipinski definition) is 5. The van der Waals surface area contributed by atoms with Gasteiger partial charge in [0, 0.05) is 37.6 Å². The van der Waals surface area contributed by atoms with Gasteiger partial charge in [-0.05, 0) is 53.6 Å². The van der Waals surface area contributed by atoms with Crippen LogP contribution in [-0.4, -0.2) is 5.78 Å². The van der Waals surface area contributed by atoms with Crippen LogP contribution in [0.25, 0.3) is 0 Å². The summed E-state index contributed by atoms with van der Waals surface area (Å²) < 4.78 is 0.960. The monoisotopic (exact) mass is 509 g/mol. The summed E-state index contributed by atoms with van der Waals surface area (Å²) in [5, 5.41) is 10.2. The molecule has 1 aromatic heterocycles. The number of carbonyl (C=O) groups is 1. The first kappa shape index (κ1) is 22.8. The Balaban J connectivity index is 1.96. The number of Topliss-reactive ketones (excluding diaryl/α,β-unsaturated/α-hetero) is 1. The van der Waals surface area contributed by atoms with Gasteiger partial charge in [0.15, 0.2) is 5.78 Å². The molecule has 2 aliphatic rings. The van der Waals surface area contributed by atoms with Crippen LogP contribution in [0.1, 0.15) is 63.1 Å². The van der Waals surface area contributed by atoms with Gasteiger partial charge in [-0.15, -0.1) is 11.3 Å². The van der Waals surface area contributed by atoms with Crippen molar-refractivity contribution in [2.45, 2.75) is 58.8 Å². The fraction of sp³-hybridized carbons (Fsp3) is 0.385. The van der Waals surface area contributed by atoms with E-state index in [4.69, 9.17) is 5.73 Å². The van der Waals surface area contributed by atoms with Gasteiger partial charge in [0.05, 0.1) is 17.6 Å². The molecule has 1 atom stereocenters. The highest BCUT2D eigenvalue weighted by Crippen LogP contribution is 2.51. The Bertz CT molecular complexity index is 1190. The normalized spacial score (nSPS) is 21.0. The van der Waals surface area contributed by atoms with Gasteiger partial charge < -0.3 is 5.73 Å². The average Bonchev–Trinajstić information content (AvgIpc) is 3.18. The molecule has 4 nitrogen and oxygen atoms in total. The largest absolute Gasteiger partial charge is 0.384 e. The van der Waals surface area contributed by atoms with E-state index in [1.807, 2.05) is 29.2 Å². The highest BCUT2D eigenvalue weighted by Gasteiger charge is 2.45. The quantitative estimate of drug-likeness (QED) is 0.485. The number of thiophene rings is 1. The molecule has 32 heavy (non-hydrogen) atoms. The molecule has 2 heterocycles. The Morgan fingerprint density at radius 2 is 1.81 bits per heavy atom. The Hall–Kier alpha value is -2.36. The second-order valence-corrected chi connectivity index (χ2v) is 12.4. The van der Waals surface area contributed by atoms with E-state index in [9.17, 15) is 10.1 Å². The molecule has 6 heteroatoms. The molecule has 0 saturated carbocycles. The molecule has 1 aliphatic carbocycles. The first-order valence-corrected chi connectivity index (χ1v) is 12.4. The fourth-order valence-electron chi connectivity index (χ4n) is 4.59. The molecule has 0 amide bonds. The van der Waals surface area contributed by atoms with Crippen LogP contribution in [-0.2, 0) is 10.2 Å². The van der Waals surface area contributed by atoms with Crippen molar-refractivity contribution in [3.8, 4) is 6.07 Å². The van der Waals surface area contributed by atoms with Crippen LogP contribution in [0.2, 0.25) is 0 Å². The van der Waals surface area contributed by atoms with Gasteiger partial charge in [0.1, 0.15) is 5.82 Å². The lowest BCUT2D eigenvalue weighted by Crippen LogP contribution is -2.42. The maximum Gasteiger partial charge on any atom is 0.162 e. The van der Waals surface area contributed by atoms with Gasteiger partial charge in [-0.25, -0.2) is 0 Å². The predicted molar refractivity (Wildman–Crippen MR) is 134 cm³/mol. The lowest BCUT2D eigenvalue weighted by atomic mass is 9.69. The number of allylic oxidation sites excluding steroid dienone is 3. The summed E-state index contributed by atoms with van der Waals surface area (Å²) in [6.07, 6.45) is 1.18. The van der Waals surface area contributed by atoms with Crippen LogP contribution in [0.5, 0.6) is 0 Å². The predicted octanol–water partition coefficient (Wildman–Crippen LogP) is 6.75. The molecule has 166 valence electrons. The van der Waals surface area contributed by atoms with Gasteiger partial charge in [0.25, 0.3) is 0 Å². The smallest absolute Gasteiger partial charge is 0.162 e. The second kappa shape index (κ2) is 7.90. The van der Waals surface area contributed by atoms with Gasteiger partial charge in [-0.1, -0.05) is 50.5 Å². The van der Waals surface area contributed by atoms with Gasteiger partial charge in [-0.2, -0.15) is 5.26 Å². The van der Waals surface area contributed by atoms with Crippen LogP contribution in [0.15, 0.2) is 63.5 Å². The summed E-state index contributed by atoms with van der Waals surface area (Å²) in [5.41, 5.74) is 9.46. The van der Waals surface area contributed by atoms with Crippen molar-refractivity contribution < 1.29 is 4.79 Å². The Labute approximate surface area is 202 Å². The molecule has 1 unspecified atom stereocenters. The summed E-state index contributed by atoms with van der Waals surface area (Å²) in [7, 11) is 0. The van der Waals surface area contributed by atoms with Crippen molar-refractivity contribution in [1.29, 1.82) is 5.26 Å². The van der Waals surface area contributed by atoms with Crippen molar-refractivity contribution >= 4 is 38.7 Å². The van der Waals surface area contributed by atoms with Crippen molar-refractivity contribution in [3.05, 3.63) is 73.3 Å². The molecule has 0 radical (unpaired) electrons. The van der Waals surface area contributed by atoms with Crippen molar-refractivity contribution in [3.63, 3.8) is 0 Å². The number of nitrogens with two attached hydrogens (primary N) is 1. The molecule has 1 aromatic carbocycles. The number of ketones is 1. The number of nitriles is 1. The molecule has 0 saturated heterocycles. The number of nitrogens with zero attached hydrogens (tertiary/aromatic N) is 2. The molecule has 1 aliphatic heterocycles. The Morgan fingerprint density at radius 1 is 1.16 bits per heavy atom. The fourth-order valence-corrected chi connectivity index (χ4v) is 6.04. The van der Waals surface area contributed by atoms with Crippen molar-refractivity contribution in [1.82, 2.24) is 0 Å². The third-order valence-corrected chi connectivity index (χ3v) is 8.22. The highest BCUT2D eigenvalue weighted by molar-refractivity contribution is 9.10. The van der Waals surface area contributed by atoms with E-state index in [1.165, 1.54) is 4.88 Å². The van der Waals surface area contributed by atoms with E-state index in [2.05, 4.69) is 68.8 Å². The molecule has 0 bridgehead atoms. The van der Waals surface area contributed by atoms with Crippen LogP contribution < -0.4 is 10.6 Å². The third-order valence-electron chi connectivity index (χ3n) is 6.12. The van der Waals surface area contributed by atoms with E-state index in [1.54, 1.807) is 11.3 Å². The van der Waals surface area contributed by atoms with Crippen LogP contribution in [0.4, 0.5) is 5.69 Å². The van der Waals surface area contributed by atoms with E-state index in [0.717, 1.165) is 32.7 Å². The summed E-state index contributed by atoms with van der Waals surface area (Å²) in [6.45, 7) is 10.8. The number of carbonyl (C=O) groups excluding carboxylic acids is 1. The molecule has 2 N–H and O–H groups in total. The number of rotatable bonds is 2. The maximum absolute atomic E-state index is 13.6. The molecule has 0 fully saturated rings. The zero-order chi connectivity index (χ0) is 23.4. The number of halogens is 1. The zero-order valence-corrected chi connectivity index (χ0v) is 21.5. The zero-order valence-electron chi connectivity index (χ0n) is 19.1. The van der Waals surface area contributed by atoms with Crippen LogP contribution >= 0.6 is 27.3 Å². The van der Waals surface area contributed by atoms with Gasteiger partial charge in [0.2, 0.25) is 0 Å². The van der Waals surface area contributed by atoms with Crippen LogP contribution in [0, 0.1) is 16.7 Å². The third kappa shape index (κ3) is 3.93. The van der Waals surface area contributed by atoms with Crippen LogP contribution in [0.3, 0.4) is 0 Å². The topological polar surface area (TPSA) is 70.1 Å².